The summed E-state index contributed by atoms with van der Waals surface area (Å²) in [7, 11) is 3.73. The van der Waals surface area contributed by atoms with Gasteiger partial charge in [-0.3, -0.25) is 9.59 Å². The molecule has 1 aromatic rings. The van der Waals surface area contributed by atoms with Gasteiger partial charge in [0.1, 0.15) is 5.56 Å². The molecule has 0 radical (unpaired) electrons. The van der Waals surface area contributed by atoms with Crippen LogP contribution in [-0.4, -0.2) is 65.1 Å². The maximum atomic E-state index is 12.3. The van der Waals surface area contributed by atoms with Crippen molar-refractivity contribution in [2.24, 2.45) is 0 Å². The number of halogens is 1. The second-order valence-electron chi connectivity index (χ2n) is 5.50. The predicted molar refractivity (Wildman–Crippen MR) is 76.1 cm³/mol. The molecule has 0 aromatic carbocycles. The highest BCUT2D eigenvalue weighted by molar-refractivity contribution is 6.30. The molecule has 1 amide bonds. The van der Waals surface area contributed by atoms with Crippen LogP contribution in [0.5, 0.6) is 0 Å². The molecule has 2 heterocycles. The molecule has 0 aliphatic carbocycles. The Morgan fingerprint density at radius 3 is 2.95 bits per heavy atom. The van der Waals surface area contributed by atoms with Gasteiger partial charge in [-0.25, -0.2) is 0 Å². The number of hydrogen-bond donors (Lipinski definition) is 2. The van der Waals surface area contributed by atoms with E-state index in [9.17, 15) is 14.7 Å². The second-order valence-corrected chi connectivity index (χ2v) is 5.94. The van der Waals surface area contributed by atoms with E-state index in [1.54, 1.807) is 0 Å². The first-order valence-corrected chi connectivity index (χ1v) is 6.73. The number of nitrogens with one attached hydrogen (secondary N) is 1. The largest absolute Gasteiger partial charge is 0.387 e. The molecule has 1 fully saturated rings. The highest BCUT2D eigenvalue weighted by Crippen LogP contribution is 2.23. The maximum Gasteiger partial charge on any atom is 0.260 e. The summed E-state index contributed by atoms with van der Waals surface area (Å²) in [4.78, 5) is 29.8. The van der Waals surface area contributed by atoms with Crippen LogP contribution < -0.4 is 5.56 Å². The lowest BCUT2D eigenvalue weighted by Gasteiger charge is -2.26. The molecule has 0 bridgehead atoms. The number of pyridine rings is 1. The molecule has 20 heavy (non-hydrogen) atoms. The van der Waals surface area contributed by atoms with Gasteiger partial charge < -0.3 is 19.9 Å². The Balaban J connectivity index is 2.16. The zero-order valence-electron chi connectivity index (χ0n) is 11.5. The summed E-state index contributed by atoms with van der Waals surface area (Å²) in [6.07, 6.45) is 1.84. The van der Waals surface area contributed by atoms with Gasteiger partial charge in [-0.05, 0) is 26.6 Å². The van der Waals surface area contributed by atoms with E-state index in [0.29, 0.717) is 24.5 Å². The molecule has 2 rings (SSSR count). The molecule has 2 N–H and O–H groups in total. The van der Waals surface area contributed by atoms with E-state index in [-0.39, 0.29) is 12.1 Å². The van der Waals surface area contributed by atoms with E-state index >= 15 is 0 Å². The molecule has 0 spiro atoms. The SMILES string of the molecule is CN(C)C[C@]1(O)CCN(C(=O)c2cc(Cl)c[nH]c2=O)C1. The van der Waals surface area contributed by atoms with E-state index in [4.69, 9.17) is 11.6 Å². The summed E-state index contributed by atoms with van der Waals surface area (Å²) in [5.41, 5.74) is -1.39. The van der Waals surface area contributed by atoms with Crippen LogP contribution in [-0.2, 0) is 0 Å². The normalized spacial score (nSPS) is 22.6. The Morgan fingerprint density at radius 2 is 2.30 bits per heavy atom. The van der Waals surface area contributed by atoms with Crippen LogP contribution in [0.1, 0.15) is 16.8 Å². The van der Waals surface area contributed by atoms with Gasteiger partial charge >= 0.3 is 0 Å². The van der Waals surface area contributed by atoms with Crippen molar-refractivity contribution in [2.75, 3.05) is 33.7 Å². The van der Waals surface area contributed by atoms with Crippen LogP contribution in [0.25, 0.3) is 0 Å². The average Bonchev–Trinajstić information content (AvgIpc) is 2.72. The number of carbonyl (C=O) groups is 1. The quantitative estimate of drug-likeness (QED) is 0.834. The summed E-state index contributed by atoms with van der Waals surface area (Å²) in [5, 5.41) is 10.7. The summed E-state index contributed by atoms with van der Waals surface area (Å²) < 4.78 is 0. The van der Waals surface area contributed by atoms with Crippen molar-refractivity contribution in [1.82, 2.24) is 14.8 Å². The first-order chi connectivity index (χ1) is 9.31. The molecule has 1 atom stereocenters. The maximum absolute atomic E-state index is 12.3. The number of rotatable bonds is 3. The fraction of sp³-hybridized carbons (Fsp3) is 0.538. The van der Waals surface area contributed by atoms with Crippen LogP contribution in [0.4, 0.5) is 0 Å². The molecule has 0 saturated carbocycles. The molecule has 6 nitrogen and oxygen atoms in total. The van der Waals surface area contributed by atoms with Crippen molar-refractivity contribution in [3.63, 3.8) is 0 Å². The standard InChI is InChI=1S/C13H18ClN3O3/c1-16(2)7-13(20)3-4-17(8-13)12(19)10-5-9(14)6-15-11(10)18/h5-6,20H,3-4,7-8H2,1-2H3,(H,15,18)/t13-/m1/s1. The Kier molecular flexibility index (Phi) is 4.17. The lowest BCUT2D eigenvalue weighted by molar-refractivity contribution is 0.0236. The predicted octanol–water partition coefficient (Wildman–Crippen LogP) is 0.167. The lowest BCUT2D eigenvalue weighted by atomic mass is 10.0. The van der Waals surface area contributed by atoms with Crippen molar-refractivity contribution >= 4 is 17.5 Å². The van der Waals surface area contributed by atoms with Crippen molar-refractivity contribution in [2.45, 2.75) is 12.0 Å². The molecule has 1 aromatic heterocycles. The number of likely N-dealkylation sites (tertiary alicyclic amines) is 1. The molecule has 0 unspecified atom stereocenters. The summed E-state index contributed by atoms with van der Waals surface area (Å²) >= 11 is 5.80. The van der Waals surface area contributed by atoms with Crippen molar-refractivity contribution < 1.29 is 9.90 Å². The van der Waals surface area contributed by atoms with E-state index in [2.05, 4.69) is 4.98 Å². The Labute approximate surface area is 122 Å². The Bertz CT molecular complexity index is 572. The number of H-pyrrole nitrogens is 1. The average molecular weight is 300 g/mol. The molecule has 7 heteroatoms. The van der Waals surface area contributed by atoms with Gasteiger partial charge in [0, 0.05) is 19.3 Å². The number of nitrogens with zero attached hydrogens (tertiary/aromatic N) is 2. The van der Waals surface area contributed by atoms with Gasteiger partial charge in [-0.15, -0.1) is 0 Å². The molecule has 1 aliphatic rings. The van der Waals surface area contributed by atoms with Crippen LogP contribution in [0.3, 0.4) is 0 Å². The van der Waals surface area contributed by atoms with Crippen molar-refractivity contribution in [1.29, 1.82) is 0 Å². The minimum Gasteiger partial charge on any atom is -0.387 e. The fourth-order valence-corrected chi connectivity index (χ4v) is 2.70. The van der Waals surface area contributed by atoms with Crippen LogP contribution in [0, 0.1) is 0 Å². The van der Waals surface area contributed by atoms with Crippen molar-refractivity contribution in [3.8, 4) is 0 Å². The smallest absolute Gasteiger partial charge is 0.260 e. The fourth-order valence-electron chi connectivity index (χ4n) is 2.53. The van der Waals surface area contributed by atoms with Crippen LogP contribution >= 0.6 is 11.6 Å². The number of hydrogen-bond acceptors (Lipinski definition) is 4. The number of amides is 1. The first kappa shape index (κ1) is 15.0. The minimum absolute atomic E-state index is 0.00611. The first-order valence-electron chi connectivity index (χ1n) is 6.35. The van der Waals surface area contributed by atoms with Gasteiger partial charge in [0.2, 0.25) is 0 Å². The molecule has 1 aliphatic heterocycles. The van der Waals surface area contributed by atoms with Crippen LogP contribution in [0.15, 0.2) is 17.1 Å². The van der Waals surface area contributed by atoms with E-state index < -0.39 is 17.1 Å². The van der Waals surface area contributed by atoms with Crippen molar-refractivity contribution in [3.05, 3.63) is 33.2 Å². The topological polar surface area (TPSA) is 76.6 Å². The van der Waals surface area contributed by atoms with E-state index in [0.717, 1.165) is 0 Å². The van der Waals surface area contributed by atoms with E-state index in [1.807, 2.05) is 19.0 Å². The van der Waals surface area contributed by atoms with Gasteiger partial charge in [0.25, 0.3) is 11.5 Å². The number of β-amino-alcohol motifs (C(OH)–C–C–N with tert-alkyl or cyclic N) is 1. The zero-order valence-corrected chi connectivity index (χ0v) is 12.3. The molecule has 1 saturated heterocycles. The summed E-state index contributed by atoms with van der Waals surface area (Å²) in [5.74, 6) is -0.400. The highest BCUT2D eigenvalue weighted by atomic mass is 35.5. The summed E-state index contributed by atoms with van der Waals surface area (Å²) in [6, 6.07) is 1.35. The number of aromatic amines is 1. The molecular weight excluding hydrogens is 282 g/mol. The second kappa shape index (κ2) is 5.55. The lowest BCUT2D eigenvalue weighted by Crippen LogP contribution is -2.44. The van der Waals surface area contributed by atoms with E-state index in [1.165, 1.54) is 17.2 Å². The zero-order chi connectivity index (χ0) is 14.9. The number of carbonyl (C=O) groups excluding carboxylic acids is 1. The Hall–Kier alpha value is -1.37. The van der Waals surface area contributed by atoms with Crippen LogP contribution in [0.2, 0.25) is 5.02 Å². The van der Waals surface area contributed by atoms with Gasteiger partial charge in [0.15, 0.2) is 0 Å². The summed E-state index contributed by atoms with van der Waals surface area (Å²) in [6.45, 7) is 1.12. The third-order valence-corrected chi connectivity index (χ3v) is 3.55. The number of aliphatic hydroxyl groups is 1. The number of likely N-dealkylation sites (N-methyl/N-ethyl adjacent to an activating group) is 1. The molecular formula is C13H18ClN3O3. The van der Waals surface area contributed by atoms with Gasteiger partial charge in [-0.2, -0.15) is 0 Å². The third kappa shape index (κ3) is 3.20. The monoisotopic (exact) mass is 299 g/mol. The number of aromatic nitrogens is 1. The highest BCUT2D eigenvalue weighted by Gasteiger charge is 2.39. The molecule has 110 valence electrons. The Morgan fingerprint density at radius 1 is 1.60 bits per heavy atom. The minimum atomic E-state index is -0.926. The third-order valence-electron chi connectivity index (χ3n) is 3.33. The van der Waals surface area contributed by atoms with Gasteiger partial charge in [0.05, 0.1) is 17.2 Å². The van der Waals surface area contributed by atoms with Gasteiger partial charge in [-0.1, -0.05) is 11.6 Å².